The molecule has 4 saturated heterocycles. The highest BCUT2D eigenvalue weighted by atomic mass is 32.1. The number of fused-ring (bicyclic) bond motifs is 4. The van der Waals surface area contributed by atoms with E-state index in [4.69, 9.17) is 24.2 Å². The summed E-state index contributed by atoms with van der Waals surface area (Å²) in [6.07, 6.45) is 3.81. The van der Waals surface area contributed by atoms with Gasteiger partial charge in [-0.05, 0) is 78.6 Å². The van der Waals surface area contributed by atoms with Crippen LogP contribution in [0.25, 0.3) is 43.4 Å². The molecule has 4 aliphatic heterocycles. The number of phenolic OH excluding ortho intramolecular Hbond substituents is 1. The number of thiazole rings is 1. The number of halogens is 1. The Balaban J connectivity index is 0.741. The molecule has 4 aliphatic rings. The standard InChI is InChI=1S/C56H64FN11O6S/c1-6-34-8-7-9-37-22-40(69)23-42(48(34)37)50-49(57)51-43(26-58-50)53(67-27-38-14-15-39(28-67)61-38)63-56(62-51)73-21-20-65-16-18-66(19-17-65)46-25-45(74-64-46)47(31(2)3)55(72)68-29-41(70)24-44(68)54(71)60-32(4)35-10-12-36(13-11-35)52-33(5)59-30-75-52/h7-13,22-23,25-26,30-32,38-39,41,44,47,61,69-70H,6,14-21,24,27-29H2,1-5H3,(H,60,71)/t32-,38?,39?,41+,44-,47+/m0/s1. The highest BCUT2D eigenvalue weighted by Crippen LogP contribution is 2.40. The summed E-state index contributed by atoms with van der Waals surface area (Å²) in [7, 11) is 0. The normalized spacial score (nSPS) is 20.9. The van der Waals surface area contributed by atoms with Crippen molar-refractivity contribution in [2.45, 2.75) is 96.5 Å². The number of ether oxygens (including phenoxy) is 1. The number of hydrogen-bond donors (Lipinski definition) is 4. The molecule has 19 heteroatoms. The Morgan fingerprint density at radius 2 is 1.75 bits per heavy atom. The van der Waals surface area contributed by atoms with Gasteiger partial charge < -0.3 is 44.8 Å². The first-order valence-electron chi connectivity index (χ1n) is 26.3. The summed E-state index contributed by atoms with van der Waals surface area (Å²) in [4.78, 5) is 56.2. The molecular formula is C56H64FN11O6S. The number of phenols is 1. The predicted molar refractivity (Wildman–Crippen MR) is 287 cm³/mol. The fourth-order valence-electron chi connectivity index (χ4n) is 11.6. The molecule has 0 radical (unpaired) electrons. The predicted octanol–water partition coefficient (Wildman–Crippen LogP) is 7.39. The Bertz CT molecular complexity index is 3220. The minimum Gasteiger partial charge on any atom is -0.508 e. The summed E-state index contributed by atoms with van der Waals surface area (Å²) in [5.74, 6) is -0.452. The number of pyridine rings is 1. The van der Waals surface area contributed by atoms with Crippen molar-refractivity contribution in [1.82, 2.24) is 45.5 Å². The van der Waals surface area contributed by atoms with Gasteiger partial charge in [-0.15, -0.1) is 11.3 Å². The molecule has 11 rings (SSSR count). The molecule has 7 aromatic rings. The molecule has 4 fully saturated rings. The van der Waals surface area contributed by atoms with Gasteiger partial charge in [0.05, 0.1) is 33.6 Å². The fourth-order valence-corrected chi connectivity index (χ4v) is 12.4. The van der Waals surface area contributed by atoms with Crippen LogP contribution in [0.2, 0.25) is 0 Å². The number of aromatic hydroxyl groups is 1. The van der Waals surface area contributed by atoms with Crippen LogP contribution in [0.5, 0.6) is 11.8 Å². The van der Waals surface area contributed by atoms with Crippen LogP contribution in [-0.4, -0.2) is 140 Å². The van der Waals surface area contributed by atoms with Crippen molar-refractivity contribution in [3.63, 3.8) is 0 Å². The van der Waals surface area contributed by atoms with E-state index in [0.717, 1.165) is 70.4 Å². The molecule has 4 aromatic heterocycles. The molecule has 2 amide bonds. The van der Waals surface area contributed by atoms with Crippen molar-refractivity contribution in [2.75, 3.05) is 68.8 Å². The van der Waals surface area contributed by atoms with Crippen molar-refractivity contribution >= 4 is 56.5 Å². The van der Waals surface area contributed by atoms with E-state index in [-0.39, 0.29) is 66.3 Å². The number of aromatic nitrogens is 5. The Kier molecular flexibility index (Phi) is 14.2. The molecule has 0 saturated carbocycles. The number of piperazine rings is 2. The summed E-state index contributed by atoms with van der Waals surface area (Å²) < 4.78 is 29.4. The maximum absolute atomic E-state index is 17.1. The fraction of sp³-hybridized carbons (Fsp3) is 0.446. The van der Waals surface area contributed by atoms with Gasteiger partial charge >= 0.3 is 6.01 Å². The molecule has 8 heterocycles. The Morgan fingerprint density at radius 3 is 2.47 bits per heavy atom. The number of likely N-dealkylation sites (tertiary alicyclic amines) is 1. The SMILES string of the molecule is CCc1cccc2cc(O)cc(-c3ncc4c(N5CC6CCC(C5)N6)nc(OCCN5CCN(c6cc([C@H](C(=O)N7C[C@H](O)C[C@H]7C(=O)N[C@@H](C)c7ccc(-c8scnc8C)cc7)C(C)C)on6)CC5)nc4c3F)c12. The molecule has 4 N–H and O–H groups in total. The average Bonchev–Trinajstić information content (AvgIpc) is 4.23. The summed E-state index contributed by atoms with van der Waals surface area (Å²) in [6.45, 7) is 14.8. The number of amides is 2. The number of rotatable bonds is 15. The molecule has 6 atom stereocenters. The summed E-state index contributed by atoms with van der Waals surface area (Å²) in [5.41, 5.74) is 6.54. The Morgan fingerprint density at radius 1 is 0.973 bits per heavy atom. The zero-order valence-corrected chi connectivity index (χ0v) is 43.8. The number of nitrogens with one attached hydrogen (secondary N) is 2. The smallest absolute Gasteiger partial charge is 0.319 e. The quantitative estimate of drug-likeness (QED) is 0.0792. The van der Waals surface area contributed by atoms with Crippen LogP contribution in [0.3, 0.4) is 0 Å². The average molecular weight is 1040 g/mol. The Hall–Kier alpha value is -6.80. The molecule has 3 aromatic carbocycles. The minimum atomic E-state index is -0.843. The number of benzene rings is 3. The molecule has 0 spiro atoms. The van der Waals surface area contributed by atoms with E-state index in [0.29, 0.717) is 73.2 Å². The zero-order chi connectivity index (χ0) is 52.1. The van der Waals surface area contributed by atoms with Gasteiger partial charge in [0.2, 0.25) is 11.8 Å². The third kappa shape index (κ3) is 10.1. The van der Waals surface area contributed by atoms with Crippen molar-refractivity contribution < 1.29 is 33.5 Å². The van der Waals surface area contributed by atoms with Crippen LogP contribution >= 0.6 is 11.3 Å². The lowest BCUT2D eigenvalue weighted by atomic mass is 9.91. The van der Waals surface area contributed by atoms with Crippen molar-refractivity contribution in [2.24, 2.45) is 5.92 Å². The summed E-state index contributed by atoms with van der Waals surface area (Å²) >= 11 is 1.59. The van der Waals surface area contributed by atoms with E-state index in [1.807, 2.05) is 81.7 Å². The highest BCUT2D eigenvalue weighted by Gasteiger charge is 2.44. The van der Waals surface area contributed by atoms with Crippen molar-refractivity contribution in [3.8, 4) is 33.5 Å². The number of anilines is 2. The van der Waals surface area contributed by atoms with Gasteiger partial charge in [0.15, 0.2) is 17.4 Å². The minimum absolute atomic E-state index is 0.0263. The van der Waals surface area contributed by atoms with Gasteiger partial charge in [0, 0.05) is 88.7 Å². The van der Waals surface area contributed by atoms with E-state index in [1.54, 1.807) is 29.7 Å². The second kappa shape index (κ2) is 21.1. The number of carbonyl (C=O) groups is 2. The highest BCUT2D eigenvalue weighted by molar-refractivity contribution is 7.13. The first-order valence-corrected chi connectivity index (χ1v) is 27.2. The van der Waals surface area contributed by atoms with Crippen molar-refractivity contribution in [1.29, 1.82) is 0 Å². The summed E-state index contributed by atoms with van der Waals surface area (Å²) in [6, 6.07) is 18.5. The van der Waals surface area contributed by atoms with Gasteiger partial charge in [-0.3, -0.25) is 19.5 Å². The van der Waals surface area contributed by atoms with E-state index >= 15 is 4.39 Å². The molecule has 75 heavy (non-hydrogen) atoms. The number of aliphatic hydroxyl groups excluding tert-OH is 1. The number of carbonyl (C=O) groups excluding carboxylic acids is 2. The van der Waals surface area contributed by atoms with Crippen LogP contribution < -0.4 is 25.2 Å². The molecule has 2 bridgehead atoms. The van der Waals surface area contributed by atoms with Crippen LogP contribution in [0, 0.1) is 18.7 Å². The van der Waals surface area contributed by atoms with E-state index < -0.39 is 23.9 Å². The zero-order valence-electron chi connectivity index (χ0n) is 43.0. The van der Waals surface area contributed by atoms with Gasteiger partial charge in [-0.25, -0.2) is 9.37 Å². The topological polar surface area (TPSA) is 198 Å². The van der Waals surface area contributed by atoms with E-state index in [1.165, 1.54) is 4.90 Å². The second-order valence-electron chi connectivity index (χ2n) is 20.9. The first-order chi connectivity index (χ1) is 36.3. The van der Waals surface area contributed by atoms with E-state index in [2.05, 4.69) is 42.4 Å². The lowest BCUT2D eigenvalue weighted by Gasteiger charge is -2.34. The first kappa shape index (κ1) is 50.4. The van der Waals surface area contributed by atoms with Crippen molar-refractivity contribution in [3.05, 3.63) is 101 Å². The number of aryl methyl sites for hydroxylation is 2. The molecule has 392 valence electrons. The lowest BCUT2D eigenvalue weighted by molar-refractivity contribution is -0.141. The third-order valence-electron chi connectivity index (χ3n) is 15.6. The second-order valence-corrected chi connectivity index (χ2v) is 21.8. The van der Waals surface area contributed by atoms with Crippen LogP contribution in [0.4, 0.5) is 16.0 Å². The third-order valence-corrected chi connectivity index (χ3v) is 16.6. The lowest BCUT2D eigenvalue weighted by Crippen LogP contribution is -2.51. The van der Waals surface area contributed by atoms with Crippen LogP contribution in [0.1, 0.15) is 81.5 Å². The summed E-state index contributed by atoms with van der Waals surface area (Å²) in [5, 5.41) is 34.9. The number of β-amino-alcohol motifs (C(OH)–C–C–N with tert-alkyl or cyclic N) is 1. The van der Waals surface area contributed by atoms with E-state index in [9.17, 15) is 19.8 Å². The molecule has 0 aliphatic carbocycles. The monoisotopic (exact) mass is 1040 g/mol. The van der Waals surface area contributed by atoms with Crippen LogP contribution in [-0.2, 0) is 16.0 Å². The molecular weight excluding hydrogens is 974 g/mol. The molecule has 2 unspecified atom stereocenters. The van der Waals surface area contributed by atoms with Gasteiger partial charge in [-0.2, -0.15) is 9.97 Å². The van der Waals surface area contributed by atoms with Gasteiger partial charge in [0.1, 0.15) is 41.3 Å². The van der Waals surface area contributed by atoms with Gasteiger partial charge in [-0.1, -0.05) is 68.4 Å². The number of hydrogen-bond acceptors (Lipinski definition) is 16. The van der Waals surface area contributed by atoms with Crippen LogP contribution in [0.15, 0.2) is 76.9 Å². The Labute approximate surface area is 439 Å². The largest absolute Gasteiger partial charge is 0.508 e. The number of aliphatic hydroxyl groups is 1. The maximum Gasteiger partial charge on any atom is 0.319 e. The number of nitrogens with zero attached hydrogens (tertiary/aromatic N) is 9. The molecule has 17 nitrogen and oxygen atoms in total. The maximum atomic E-state index is 17.1. The van der Waals surface area contributed by atoms with Gasteiger partial charge in [0.25, 0.3) is 0 Å².